The average molecular weight is 410 g/mol. The third-order valence-corrected chi connectivity index (χ3v) is 5.95. The number of hydrogen-bond acceptors (Lipinski definition) is 3. The lowest BCUT2D eigenvalue weighted by Crippen LogP contribution is -2.44. The number of nitrogens with zero attached hydrogens (tertiary/aromatic N) is 1. The molecule has 1 aromatic rings. The maximum atomic E-state index is 11.4. The normalized spacial score (nSPS) is 13.5. The quantitative estimate of drug-likeness (QED) is 0.458. The molecule has 0 bridgehead atoms. The number of guanidine groups is 1. The largest absolute Gasteiger partial charge is 0.357 e. The van der Waals surface area contributed by atoms with Gasteiger partial charge in [-0.2, -0.15) is 0 Å². The van der Waals surface area contributed by atoms with Crippen LogP contribution >= 0.6 is 0 Å². The van der Waals surface area contributed by atoms with Crippen LogP contribution in [0.5, 0.6) is 0 Å². The predicted molar refractivity (Wildman–Crippen MR) is 121 cm³/mol. The molecule has 5 nitrogen and oxygen atoms in total. The van der Waals surface area contributed by atoms with E-state index in [1.54, 1.807) is 0 Å². The van der Waals surface area contributed by atoms with E-state index in [-0.39, 0.29) is 16.6 Å². The lowest BCUT2D eigenvalue weighted by molar-refractivity contribution is 0.365. The molecule has 0 aliphatic rings. The first-order chi connectivity index (χ1) is 12.9. The van der Waals surface area contributed by atoms with Crippen molar-refractivity contribution >= 4 is 15.8 Å². The van der Waals surface area contributed by atoms with Crippen LogP contribution < -0.4 is 10.6 Å². The highest BCUT2D eigenvalue weighted by atomic mass is 32.2. The van der Waals surface area contributed by atoms with Gasteiger partial charge in [-0.05, 0) is 36.3 Å². The average Bonchev–Trinajstić information content (AvgIpc) is 2.62. The topological polar surface area (TPSA) is 70.6 Å². The maximum Gasteiger partial charge on any atom is 0.191 e. The lowest BCUT2D eigenvalue weighted by atomic mass is 9.84. The summed E-state index contributed by atoms with van der Waals surface area (Å²) in [5, 5.41) is 6.74. The summed E-state index contributed by atoms with van der Waals surface area (Å²) in [5.74, 6) is 0.966. The van der Waals surface area contributed by atoms with Crippen molar-refractivity contribution in [3.05, 3.63) is 35.4 Å². The first-order valence-electron chi connectivity index (χ1n) is 10.2. The number of aryl methyl sites for hydroxylation is 1. The number of rotatable bonds is 10. The highest BCUT2D eigenvalue weighted by Crippen LogP contribution is 2.23. The van der Waals surface area contributed by atoms with Gasteiger partial charge in [0.25, 0.3) is 0 Å². The standard InChI is InChI=1S/C22H39N3O2S/c1-8-18-10-12-19(13-11-18)22(5,6)17-25-20(23-9-2)24-16-21(3,4)14-15-28(7,26)27/h10-13H,8-9,14-17H2,1-7H3,(H2,23,24,25). The van der Waals surface area contributed by atoms with Gasteiger partial charge in [-0.25, -0.2) is 8.42 Å². The fraction of sp³-hybridized carbons (Fsp3) is 0.682. The second kappa shape index (κ2) is 10.3. The van der Waals surface area contributed by atoms with Crippen molar-refractivity contribution in [2.45, 2.75) is 59.8 Å². The summed E-state index contributed by atoms with van der Waals surface area (Å²) >= 11 is 0. The second-order valence-electron chi connectivity index (χ2n) is 9.03. The minimum atomic E-state index is -2.95. The molecule has 0 spiro atoms. The van der Waals surface area contributed by atoms with E-state index in [9.17, 15) is 8.42 Å². The number of benzene rings is 1. The van der Waals surface area contributed by atoms with Gasteiger partial charge in [0.15, 0.2) is 5.96 Å². The van der Waals surface area contributed by atoms with Gasteiger partial charge in [0, 0.05) is 31.3 Å². The van der Waals surface area contributed by atoms with Gasteiger partial charge in [-0.1, -0.05) is 58.9 Å². The third kappa shape index (κ3) is 9.09. The Bertz CT molecular complexity index is 736. The minimum absolute atomic E-state index is 0.0335. The number of sulfone groups is 1. The van der Waals surface area contributed by atoms with Crippen molar-refractivity contribution in [1.29, 1.82) is 0 Å². The van der Waals surface area contributed by atoms with Crippen molar-refractivity contribution in [3.8, 4) is 0 Å². The monoisotopic (exact) mass is 409 g/mol. The third-order valence-electron chi connectivity index (χ3n) is 5.00. The summed E-state index contributed by atoms with van der Waals surface area (Å²) in [4.78, 5) is 4.71. The van der Waals surface area contributed by atoms with E-state index in [1.807, 2.05) is 6.92 Å². The number of hydrogen-bond donors (Lipinski definition) is 2. The van der Waals surface area contributed by atoms with Crippen LogP contribution in [0.2, 0.25) is 0 Å². The van der Waals surface area contributed by atoms with Gasteiger partial charge in [0.1, 0.15) is 9.84 Å². The van der Waals surface area contributed by atoms with Gasteiger partial charge in [0.05, 0.1) is 5.75 Å². The van der Waals surface area contributed by atoms with E-state index in [0.29, 0.717) is 13.0 Å². The van der Waals surface area contributed by atoms with Gasteiger partial charge in [0.2, 0.25) is 0 Å². The number of nitrogens with one attached hydrogen (secondary N) is 2. The molecule has 0 saturated carbocycles. The maximum absolute atomic E-state index is 11.4. The molecule has 0 aliphatic carbocycles. The van der Waals surface area contributed by atoms with E-state index in [2.05, 4.69) is 69.5 Å². The molecule has 0 saturated heterocycles. The molecule has 2 N–H and O–H groups in total. The predicted octanol–water partition coefficient (Wildman–Crippen LogP) is 3.54. The second-order valence-corrected chi connectivity index (χ2v) is 11.3. The molecular weight excluding hydrogens is 370 g/mol. The van der Waals surface area contributed by atoms with Crippen LogP contribution in [0.3, 0.4) is 0 Å². The first kappa shape index (κ1) is 24.5. The zero-order valence-corrected chi connectivity index (χ0v) is 19.5. The molecule has 1 aromatic carbocycles. The molecule has 0 amide bonds. The molecule has 28 heavy (non-hydrogen) atoms. The fourth-order valence-electron chi connectivity index (χ4n) is 2.77. The van der Waals surface area contributed by atoms with Crippen LogP contribution in [0.15, 0.2) is 29.3 Å². The van der Waals surface area contributed by atoms with Crippen LogP contribution in [-0.2, 0) is 21.7 Å². The summed E-state index contributed by atoms with van der Waals surface area (Å²) in [6.07, 6.45) is 2.93. The molecular formula is C22H39N3O2S. The van der Waals surface area contributed by atoms with Gasteiger partial charge in [-0.15, -0.1) is 0 Å². The summed E-state index contributed by atoms with van der Waals surface area (Å²) in [6.45, 7) is 14.9. The van der Waals surface area contributed by atoms with Crippen molar-refractivity contribution in [2.24, 2.45) is 10.4 Å². The van der Waals surface area contributed by atoms with Crippen LogP contribution in [0.1, 0.15) is 59.1 Å². The summed E-state index contributed by atoms with van der Waals surface area (Å²) < 4.78 is 22.9. The van der Waals surface area contributed by atoms with Gasteiger partial charge in [-0.3, -0.25) is 4.99 Å². The van der Waals surface area contributed by atoms with Crippen LogP contribution in [0.25, 0.3) is 0 Å². The van der Waals surface area contributed by atoms with Crippen LogP contribution in [0.4, 0.5) is 0 Å². The smallest absolute Gasteiger partial charge is 0.191 e. The molecule has 0 heterocycles. The number of aliphatic imine (C=N–C) groups is 1. The van der Waals surface area contributed by atoms with Crippen LogP contribution in [-0.4, -0.2) is 46.0 Å². The van der Waals surface area contributed by atoms with Crippen molar-refractivity contribution in [2.75, 3.05) is 31.6 Å². The molecule has 0 aromatic heterocycles. The zero-order valence-electron chi connectivity index (χ0n) is 18.7. The fourth-order valence-corrected chi connectivity index (χ4v) is 3.70. The Morgan fingerprint density at radius 2 is 1.64 bits per heavy atom. The zero-order chi connectivity index (χ0) is 21.4. The molecule has 6 heteroatoms. The van der Waals surface area contributed by atoms with Gasteiger partial charge >= 0.3 is 0 Å². The molecule has 0 atom stereocenters. The van der Waals surface area contributed by atoms with Crippen molar-refractivity contribution < 1.29 is 8.42 Å². The van der Waals surface area contributed by atoms with Crippen molar-refractivity contribution in [3.63, 3.8) is 0 Å². The molecule has 1 rings (SSSR count). The SMILES string of the molecule is CCNC(=NCC(C)(C)CCS(C)(=O)=O)NCC(C)(C)c1ccc(CC)cc1. The van der Waals surface area contributed by atoms with E-state index in [1.165, 1.54) is 17.4 Å². The van der Waals surface area contributed by atoms with E-state index >= 15 is 0 Å². The minimum Gasteiger partial charge on any atom is -0.357 e. The molecule has 160 valence electrons. The Morgan fingerprint density at radius 3 is 2.14 bits per heavy atom. The Balaban J connectivity index is 2.75. The molecule has 0 radical (unpaired) electrons. The molecule has 0 fully saturated rings. The van der Waals surface area contributed by atoms with E-state index in [0.717, 1.165) is 25.5 Å². The summed E-state index contributed by atoms with van der Waals surface area (Å²) in [5.41, 5.74) is 2.44. The van der Waals surface area contributed by atoms with Crippen molar-refractivity contribution in [1.82, 2.24) is 10.6 Å². The van der Waals surface area contributed by atoms with Crippen LogP contribution in [0, 0.1) is 5.41 Å². The van der Waals surface area contributed by atoms with E-state index in [4.69, 9.17) is 4.99 Å². The Kier molecular flexibility index (Phi) is 8.99. The lowest BCUT2D eigenvalue weighted by Gasteiger charge is -2.28. The Hall–Kier alpha value is -1.56. The summed E-state index contributed by atoms with van der Waals surface area (Å²) in [6, 6.07) is 8.80. The molecule has 0 unspecified atom stereocenters. The highest BCUT2D eigenvalue weighted by molar-refractivity contribution is 7.90. The summed E-state index contributed by atoms with van der Waals surface area (Å²) in [7, 11) is -2.95. The molecule has 0 aliphatic heterocycles. The Labute approximate surface area is 172 Å². The first-order valence-corrected chi connectivity index (χ1v) is 12.2. The van der Waals surface area contributed by atoms with E-state index < -0.39 is 9.84 Å². The highest BCUT2D eigenvalue weighted by Gasteiger charge is 2.22. The van der Waals surface area contributed by atoms with Gasteiger partial charge < -0.3 is 10.6 Å². The Morgan fingerprint density at radius 1 is 1.04 bits per heavy atom.